The van der Waals surface area contributed by atoms with Gasteiger partial charge in [0.1, 0.15) is 5.82 Å². The van der Waals surface area contributed by atoms with E-state index in [2.05, 4.69) is 10.2 Å². The monoisotopic (exact) mass is 619 g/mol. The van der Waals surface area contributed by atoms with Crippen LogP contribution in [0.4, 0.5) is 10.1 Å². The maximum absolute atomic E-state index is 13.7. The van der Waals surface area contributed by atoms with Gasteiger partial charge < -0.3 is 25.1 Å². The van der Waals surface area contributed by atoms with Crippen molar-refractivity contribution in [3.8, 4) is 0 Å². The minimum atomic E-state index is -1.77. The van der Waals surface area contributed by atoms with Crippen LogP contribution in [0.25, 0.3) is 0 Å². The maximum Gasteiger partial charge on any atom is 0.258 e. The van der Waals surface area contributed by atoms with Crippen molar-refractivity contribution in [2.24, 2.45) is 0 Å². The Morgan fingerprint density at radius 2 is 1.60 bits per heavy atom. The number of carbonyl (C=O) groups is 3. The SMILES string of the molecule is CC(=O)N1CCN(C(=O)c2ccc(NC3CN(C4CCN(C(=O)[C@@](C)(O)c5cccc(F)c5)CC4)C3)cc2Cl)CC1.S. The van der Waals surface area contributed by atoms with Gasteiger partial charge in [-0.25, -0.2) is 4.39 Å². The highest BCUT2D eigenvalue weighted by atomic mass is 35.5. The summed E-state index contributed by atoms with van der Waals surface area (Å²) in [5, 5.41) is 14.8. The molecule has 3 saturated heterocycles. The second-order valence-electron chi connectivity index (χ2n) is 11.4. The topological polar surface area (TPSA) is 96.4 Å². The second kappa shape index (κ2) is 13.2. The number of carbonyl (C=O) groups excluding carboxylic acids is 3. The standard InChI is InChI=1S/C30H37ClFN5O4.H2S/c1-20(38)34-12-14-35(15-13-34)28(39)26-7-6-23(17-27(26)31)33-24-18-37(19-24)25-8-10-36(11-9-25)29(40)30(2,41)21-4-3-5-22(32)16-21;/h3-7,16-17,24-25,33,41H,8-15,18-19H2,1-2H3;1H2/t30-;/m0./s1. The molecule has 3 fully saturated rings. The lowest BCUT2D eigenvalue weighted by Gasteiger charge is -2.48. The molecule has 3 amide bonds. The van der Waals surface area contributed by atoms with Gasteiger partial charge in [-0.3, -0.25) is 19.3 Å². The zero-order chi connectivity index (χ0) is 29.3. The van der Waals surface area contributed by atoms with Gasteiger partial charge in [0, 0.05) is 71.0 Å². The quantitative estimate of drug-likeness (QED) is 0.516. The zero-order valence-electron chi connectivity index (χ0n) is 24.0. The number of aliphatic hydroxyl groups is 1. The molecular weight excluding hydrogens is 581 g/mol. The van der Waals surface area contributed by atoms with E-state index in [-0.39, 0.29) is 36.9 Å². The molecular formula is C30H39ClFN5O4S. The highest BCUT2D eigenvalue weighted by molar-refractivity contribution is 7.59. The van der Waals surface area contributed by atoms with Crippen molar-refractivity contribution in [3.63, 3.8) is 0 Å². The summed E-state index contributed by atoms with van der Waals surface area (Å²) in [6, 6.07) is 11.6. The van der Waals surface area contributed by atoms with Crippen molar-refractivity contribution >= 4 is 48.5 Å². The van der Waals surface area contributed by atoms with Crippen LogP contribution < -0.4 is 5.32 Å². The van der Waals surface area contributed by atoms with Crippen LogP contribution in [0.5, 0.6) is 0 Å². The number of nitrogens with one attached hydrogen (secondary N) is 1. The third-order valence-electron chi connectivity index (χ3n) is 8.56. The number of amides is 3. The Morgan fingerprint density at radius 1 is 0.952 bits per heavy atom. The fraction of sp³-hybridized carbons (Fsp3) is 0.500. The molecule has 0 spiro atoms. The Kier molecular flexibility index (Phi) is 10.1. The summed E-state index contributed by atoms with van der Waals surface area (Å²) >= 11 is 6.50. The Hall–Kier alpha value is -2.86. The number of anilines is 1. The van der Waals surface area contributed by atoms with E-state index >= 15 is 0 Å². The fourth-order valence-corrected chi connectivity index (χ4v) is 6.23. The molecule has 2 aromatic carbocycles. The molecule has 0 unspecified atom stereocenters. The lowest BCUT2D eigenvalue weighted by Crippen LogP contribution is -2.61. The summed E-state index contributed by atoms with van der Waals surface area (Å²) in [4.78, 5) is 45.1. The predicted octanol–water partition coefficient (Wildman–Crippen LogP) is 2.89. The van der Waals surface area contributed by atoms with Gasteiger partial charge in [0.2, 0.25) is 5.91 Å². The van der Waals surface area contributed by atoms with Crippen LogP contribution in [0, 0.1) is 5.82 Å². The Balaban J connectivity index is 0.00000405. The van der Waals surface area contributed by atoms with Gasteiger partial charge in [-0.15, -0.1) is 0 Å². The lowest BCUT2D eigenvalue weighted by molar-refractivity contribution is -0.152. The molecule has 3 heterocycles. The van der Waals surface area contributed by atoms with Crippen LogP contribution in [-0.2, 0) is 15.2 Å². The second-order valence-corrected chi connectivity index (χ2v) is 11.8. The van der Waals surface area contributed by atoms with Crippen molar-refractivity contribution in [2.75, 3.05) is 57.7 Å². The smallest absolute Gasteiger partial charge is 0.258 e. The van der Waals surface area contributed by atoms with Crippen molar-refractivity contribution in [3.05, 3.63) is 64.4 Å². The molecule has 1 atom stereocenters. The fourth-order valence-electron chi connectivity index (χ4n) is 5.97. The van der Waals surface area contributed by atoms with E-state index in [1.54, 1.807) is 32.9 Å². The lowest BCUT2D eigenvalue weighted by atomic mass is 9.92. The summed E-state index contributed by atoms with van der Waals surface area (Å²) < 4.78 is 13.7. The molecule has 0 radical (unpaired) electrons. The molecule has 0 aromatic heterocycles. The first-order valence-electron chi connectivity index (χ1n) is 14.2. The van der Waals surface area contributed by atoms with E-state index in [4.69, 9.17) is 11.6 Å². The number of hydrogen-bond acceptors (Lipinski definition) is 6. The number of likely N-dealkylation sites (tertiary alicyclic amines) is 2. The predicted molar refractivity (Wildman–Crippen MR) is 165 cm³/mol. The van der Waals surface area contributed by atoms with Crippen molar-refractivity contribution in [2.45, 2.75) is 44.4 Å². The van der Waals surface area contributed by atoms with E-state index in [9.17, 15) is 23.9 Å². The van der Waals surface area contributed by atoms with Gasteiger partial charge in [-0.1, -0.05) is 23.7 Å². The van der Waals surface area contributed by atoms with E-state index in [0.29, 0.717) is 55.9 Å². The molecule has 9 nitrogen and oxygen atoms in total. The van der Waals surface area contributed by atoms with Gasteiger partial charge in [0.15, 0.2) is 5.60 Å². The van der Waals surface area contributed by atoms with Crippen LogP contribution >= 0.6 is 25.1 Å². The summed E-state index contributed by atoms with van der Waals surface area (Å²) in [7, 11) is 0. The molecule has 228 valence electrons. The third kappa shape index (κ3) is 6.85. The first kappa shape index (κ1) is 32.1. The van der Waals surface area contributed by atoms with Crippen LogP contribution in [-0.4, -0.2) is 107 Å². The van der Waals surface area contributed by atoms with Gasteiger partial charge in [-0.05, 0) is 55.7 Å². The average molecular weight is 620 g/mol. The number of halogens is 2. The zero-order valence-corrected chi connectivity index (χ0v) is 25.7. The Labute approximate surface area is 258 Å². The minimum absolute atomic E-state index is 0. The summed E-state index contributed by atoms with van der Waals surface area (Å²) in [5.41, 5.74) is -0.197. The largest absolute Gasteiger partial charge is 0.380 e. The number of hydrogen-bond donors (Lipinski definition) is 2. The Bertz CT molecular complexity index is 1310. The number of nitrogens with zero attached hydrogens (tertiary/aromatic N) is 4. The molecule has 0 saturated carbocycles. The first-order valence-corrected chi connectivity index (χ1v) is 14.5. The van der Waals surface area contributed by atoms with Crippen molar-refractivity contribution in [1.29, 1.82) is 0 Å². The summed E-state index contributed by atoms with van der Waals surface area (Å²) in [5.74, 6) is -0.987. The molecule has 5 rings (SSSR count). The van der Waals surface area contributed by atoms with Gasteiger partial charge >= 0.3 is 0 Å². The maximum atomic E-state index is 13.7. The van der Waals surface area contributed by atoms with E-state index in [0.717, 1.165) is 31.6 Å². The van der Waals surface area contributed by atoms with Crippen LogP contribution in [0.2, 0.25) is 5.02 Å². The van der Waals surface area contributed by atoms with E-state index in [1.807, 2.05) is 6.07 Å². The summed E-state index contributed by atoms with van der Waals surface area (Å²) in [6.45, 7) is 7.81. The number of piperazine rings is 1. The number of benzene rings is 2. The van der Waals surface area contributed by atoms with E-state index in [1.165, 1.54) is 32.0 Å². The van der Waals surface area contributed by atoms with Crippen LogP contribution in [0.3, 0.4) is 0 Å². The molecule has 42 heavy (non-hydrogen) atoms. The highest BCUT2D eigenvalue weighted by Crippen LogP contribution is 2.29. The molecule has 3 aliphatic rings. The first-order chi connectivity index (χ1) is 19.5. The molecule has 0 aliphatic carbocycles. The van der Waals surface area contributed by atoms with Crippen LogP contribution in [0.15, 0.2) is 42.5 Å². The molecule has 12 heteroatoms. The molecule has 3 aliphatic heterocycles. The molecule has 0 bridgehead atoms. The molecule has 2 aromatic rings. The van der Waals surface area contributed by atoms with Crippen molar-refractivity contribution in [1.82, 2.24) is 19.6 Å². The van der Waals surface area contributed by atoms with Crippen LogP contribution in [0.1, 0.15) is 42.6 Å². The highest BCUT2D eigenvalue weighted by Gasteiger charge is 2.40. The summed E-state index contributed by atoms with van der Waals surface area (Å²) in [6.07, 6.45) is 1.61. The van der Waals surface area contributed by atoms with Gasteiger partial charge in [0.05, 0.1) is 16.6 Å². The number of rotatable bonds is 6. The van der Waals surface area contributed by atoms with Crippen molar-refractivity contribution < 1.29 is 23.9 Å². The average Bonchev–Trinajstić information content (AvgIpc) is 2.94. The van der Waals surface area contributed by atoms with Gasteiger partial charge in [0.25, 0.3) is 11.8 Å². The minimum Gasteiger partial charge on any atom is -0.380 e. The third-order valence-corrected chi connectivity index (χ3v) is 8.88. The van der Waals surface area contributed by atoms with Gasteiger partial charge in [-0.2, -0.15) is 13.5 Å². The Morgan fingerprint density at radius 3 is 2.19 bits per heavy atom. The molecule has 2 N–H and O–H groups in total. The number of piperidine rings is 1. The van der Waals surface area contributed by atoms with E-state index < -0.39 is 17.3 Å². The normalized spacial score (nSPS) is 19.9.